The van der Waals surface area contributed by atoms with Gasteiger partial charge in [0.2, 0.25) is 0 Å². The number of aromatic nitrogens is 1. The summed E-state index contributed by atoms with van der Waals surface area (Å²) in [6.07, 6.45) is 0. The molecular formula is C15H17N3O. The minimum Gasteiger partial charge on any atom is -0.324 e. The highest BCUT2D eigenvalue weighted by atomic mass is 16.1. The Hall–Kier alpha value is -2.20. The number of carbonyl (C=O) groups is 1. The molecule has 1 unspecified atom stereocenters. The van der Waals surface area contributed by atoms with E-state index in [9.17, 15) is 4.79 Å². The first-order chi connectivity index (χ1) is 9.06. The predicted molar refractivity (Wildman–Crippen MR) is 76.0 cm³/mol. The molecule has 3 N–H and O–H groups in total. The lowest BCUT2D eigenvalue weighted by atomic mass is 10.1. The van der Waals surface area contributed by atoms with E-state index in [2.05, 4.69) is 10.3 Å². The van der Waals surface area contributed by atoms with Crippen LogP contribution in [0.15, 0.2) is 42.5 Å². The van der Waals surface area contributed by atoms with Gasteiger partial charge in [-0.2, -0.15) is 0 Å². The van der Waals surface area contributed by atoms with Crippen LogP contribution in [0.5, 0.6) is 0 Å². The maximum Gasteiger partial charge on any atom is 0.274 e. The molecule has 1 amide bonds. The summed E-state index contributed by atoms with van der Waals surface area (Å²) in [5.41, 5.74) is 8.78. The van der Waals surface area contributed by atoms with Crippen molar-refractivity contribution >= 4 is 11.6 Å². The van der Waals surface area contributed by atoms with Crippen LogP contribution in [-0.4, -0.2) is 10.9 Å². The molecule has 0 bridgehead atoms. The first kappa shape index (κ1) is 13.2. The lowest BCUT2D eigenvalue weighted by Crippen LogP contribution is -2.14. The number of hydrogen-bond acceptors (Lipinski definition) is 3. The quantitative estimate of drug-likeness (QED) is 0.886. The molecule has 0 aliphatic rings. The number of nitrogens with one attached hydrogen (secondary N) is 1. The summed E-state index contributed by atoms with van der Waals surface area (Å²) in [5.74, 6) is -0.211. The average molecular weight is 255 g/mol. The third-order valence-electron chi connectivity index (χ3n) is 2.82. The lowest BCUT2D eigenvalue weighted by Gasteiger charge is -2.08. The van der Waals surface area contributed by atoms with E-state index in [0.717, 1.165) is 16.9 Å². The number of nitrogens with two attached hydrogens (primary N) is 1. The maximum absolute atomic E-state index is 12.0. The van der Waals surface area contributed by atoms with Crippen molar-refractivity contribution < 1.29 is 4.79 Å². The molecule has 0 fully saturated rings. The maximum atomic E-state index is 12.0. The van der Waals surface area contributed by atoms with Crippen LogP contribution in [0.25, 0.3) is 0 Å². The summed E-state index contributed by atoms with van der Waals surface area (Å²) in [6.45, 7) is 3.78. The summed E-state index contributed by atoms with van der Waals surface area (Å²) in [5, 5.41) is 2.81. The van der Waals surface area contributed by atoms with E-state index in [1.165, 1.54) is 0 Å². The molecule has 0 radical (unpaired) electrons. The normalized spacial score (nSPS) is 11.9. The van der Waals surface area contributed by atoms with E-state index in [-0.39, 0.29) is 11.9 Å². The van der Waals surface area contributed by atoms with E-state index in [0.29, 0.717) is 5.69 Å². The first-order valence-electron chi connectivity index (χ1n) is 6.17. The molecule has 1 atom stereocenters. The van der Waals surface area contributed by atoms with Gasteiger partial charge in [-0.05, 0) is 43.7 Å². The van der Waals surface area contributed by atoms with Gasteiger partial charge < -0.3 is 11.1 Å². The van der Waals surface area contributed by atoms with Crippen LogP contribution < -0.4 is 11.1 Å². The minimum absolute atomic E-state index is 0.0109. The monoisotopic (exact) mass is 255 g/mol. The fourth-order valence-electron chi connectivity index (χ4n) is 1.73. The Labute approximate surface area is 112 Å². The third kappa shape index (κ3) is 3.39. The van der Waals surface area contributed by atoms with Gasteiger partial charge in [0.05, 0.1) is 0 Å². The van der Waals surface area contributed by atoms with Crippen LogP contribution >= 0.6 is 0 Å². The second-order valence-corrected chi connectivity index (χ2v) is 4.53. The van der Waals surface area contributed by atoms with E-state index in [1.807, 2.05) is 50.2 Å². The van der Waals surface area contributed by atoms with Crippen molar-refractivity contribution in [2.75, 3.05) is 5.32 Å². The van der Waals surface area contributed by atoms with Crippen molar-refractivity contribution in [3.8, 4) is 0 Å². The van der Waals surface area contributed by atoms with Crippen LogP contribution in [0.3, 0.4) is 0 Å². The zero-order chi connectivity index (χ0) is 13.8. The van der Waals surface area contributed by atoms with Gasteiger partial charge in [0.1, 0.15) is 5.69 Å². The molecule has 2 rings (SSSR count). The summed E-state index contributed by atoms with van der Waals surface area (Å²) in [4.78, 5) is 16.2. The fourth-order valence-corrected chi connectivity index (χ4v) is 1.73. The van der Waals surface area contributed by atoms with Gasteiger partial charge in [-0.1, -0.05) is 18.2 Å². The molecule has 2 aromatic rings. The van der Waals surface area contributed by atoms with Crippen molar-refractivity contribution in [2.45, 2.75) is 19.9 Å². The van der Waals surface area contributed by atoms with Crippen molar-refractivity contribution in [3.05, 3.63) is 59.4 Å². The molecular weight excluding hydrogens is 238 g/mol. The summed E-state index contributed by atoms with van der Waals surface area (Å²) < 4.78 is 0. The van der Waals surface area contributed by atoms with Gasteiger partial charge in [0.25, 0.3) is 5.91 Å². The van der Waals surface area contributed by atoms with Crippen LogP contribution in [-0.2, 0) is 0 Å². The van der Waals surface area contributed by atoms with E-state index < -0.39 is 0 Å². The second-order valence-electron chi connectivity index (χ2n) is 4.53. The van der Waals surface area contributed by atoms with Crippen LogP contribution in [0.4, 0.5) is 5.69 Å². The molecule has 0 saturated carbocycles. The molecule has 0 aliphatic heterocycles. The van der Waals surface area contributed by atoms with Gasteiger partial charge in [-0.3, -0.25) is 4.79 Å². The first-order valence-corrected chi connectivity index (χ1v) is 6.17. The third-order valence-corrected chi connectivity index (χ3v) is 2.82. The zero-order valence-electron chi connectivity index (χ0n) is 11.1. The number of anilines is 1. The molecule has 4 nitrogen and oxygen atoms in total. The number of pyridine rings is 1. The highest BCUT2D eigenvalue weighted by molar-refractivity contribution is 6.02. The van der Waals surface area contributed by atoms with E-state index in [1.54, 1.807) is 6.07 Å². The van der Waals surface area contributed by atoms with Gasteiger partial charge in [-0.15, -0.1) is 0 Å². The largest absolute Gasteiger partial charge is 0.324 e. The second kappa shape index (κ2) is 5.63. The highest BCUT2D eigenvalue weighted by Crippen LogP contribution is 2.14. The number of rotatable bonds is 3. The SMILES string of the molecule is Cc1cccc(C(=O)Nc2ccc(C(C)N)cc2)n1. The number of aryl methyl sites for hydroxylation is 1. The lowest BCUT2D eigenvalue weighted by molar-refractivity contribution is 0.102. The van der Waals surface area contributed by atoms with Gasteiger partial charge in [-0.25, -0.2) is 4.98 Å². The Morgan fingerprint density at radius 1 is 1.21 bits per heavy atom. The minimum atomic E-state index is -0.211. The molecule has 98 valence electrons. The Balaban J connectivity index is 2.10. The summed E-state index contributed by atoms with van der Waals surface area (Å²) in [7, 11) is 0. The molecule has 4 heteroatoms. The van der Waals surface area contributed by atoms with Crippen LogP contribution in [0, 0.1) is 6.92 Å². The number of amides is 1. The van der Waals surface area contributed by atoms with E-state index in [4.69, 9.17) is 5.73 Å². The van der Waals surface area contributed by atoms with Crippen molar-refractivity contribution in [3.63, 3.8) is 0 Å². The number of nitrogens with zero attached hydrogens (tertiary/aromatic N) is 1. The van der Waals surface area contributed by atoms with Crippen LogP contribution in [0.2, 0.25) is 0 Å². The Morgan fingerprint density at radius 3 is 2.47 bits per heavy atom. The summed E-state index contributed by atoms with van der Waals surface area (Å²) >= 11 is 0. The topological polar surface area (TPSA) is 68.0 Å². The smallest absolute Gasteiger partial charge is 0.274 e. The summed E-state index contributed by atoms with van der Waals surface area (Å²) in [6, 6.07) is 12.8. The Bertz CT molecular complexity index is 576. The zero-order valence-corrected chi connectivity index (χ0v) is 11.1. The molecule has 1 heterocycles. The van der Waals surface area contributed by atoms with Crippen LogP contribution in [0.1, 0.15) is 34.7 Å². The van der Waals surface area contributed by atoms with Crippen molar-refractivity contribution in [1.82, 2.24) is 4.98 Å². The van der Waals surface area contributed by atoms with Crippen molar-refractivity contribution in [1.29, 1.82) is 0 Å². The van der Waals surface area contributed by atoms with Crippen molar-refractivity contribution in [2.24, 2.45) is 5.73 Å². The average Bonchev–Trinajstić information content (AvgIpc) is 2.39. The number of benzene rings is 1. The Kier molecular flexibility index (Phi) is 3.92. The highest BCUT2D eigenvalue weighted by Gasteiger charge is 2.07. The number of hydrogen-bond donors (Lipinski definition) is 2. The number of carbonyl (C=O) groups excluding carboxylic acids is 1. The van der Waals surface area contributed by atoms with Gasteiger partial charge in [0, 0.05) is 17.4 Å². The van der Waals surface area contributed by atoms with Gasteiger partial charge >= 0.3 is 0 Å². The van der Waals surface area contributed by atoms with E-state index >= 15 is 0 Å². The standard InChI is InChI=1S/C15H17N3O/c1-10-4-3-5-14(17-10)15(19)18-13-8-6-12(7-9-13)11(2)16/h3-9,11H,16H2,1-2H3,(H,18,19). The molecule has 1 aromatic carbocycles. The fraction of sp³-hybridized carbons (Fsp3) is 0.200. The molecule has 0 aliphatic carbocycles. The molecule has 1 aromatic heterocycles. The van der Waals surface area contributed by atoms with Gasteiger partial charge in [0.15, 0.2) is 0 Å². The Morgan fingerprint density at radius 2 is 1.89 bits per heavy atom. The molecule has 19 heavy (non-hydrogen) atoms. The molecule has 0 spiro atoms. The predicted octanol–water partition coefficient (Wildman–Crippen LogP) is 2.66. The molecule has 0 saturated heterocycles.